The molecule has 10 heteroatoms. The monoisotopic (exact) mass is 469 g/mol. The number of nitro groups is 1. The van der Waals surface area contributed by atoms with Crippen LogP contribution in [0.15, 0.2) is 48.0 Å². The van der Waals surface area contributed by atoms with E-state index in [1.54, 1.807) is 18.2 Å². The molecule has 34 heavy (non-hydrogen) atoms. The predicted molar refractivity (Wildman–Crippen MR) is 125 cm³/mol. The molecule has 10 nitrogen and oxygen atoms in total. The number of amides is 1. The Morgan fingerprint density at radius 2 is 1.82 bits per heavy atom. The molecule has 1 aliphatic heterocycles. The van der Waals surface area contributed by atoms with Crippen LogP contribution in [0.3, 0.4) is 0 Å². The van der Waals surface area contributed by atoms with E-state index in [1.165, 1.54) is 43.4 Å². The Morgan fingerprint density at radius 1 is 1.12 bits per heavy atom. The number of nitro benzene ring substituents is 1. The zero-order valence-corrected chi connectivity index (χ0v) is 19.5. The van der Waals surface area contributed by atoms with Crippen LogP contribution in [-0.2, 0) is 9.59 Å². The number of carbonyl (C=O) groups excluding carboxylic acids is 2. The molecule has 0 aliphatic carbocycles. The summed E-state index contributed by atoms with van der Waals surface area (Å²) < 4.78 is 10.5. The topological polar surface area (TPSA) is 122 Å². The minimum atomic E-state index is -0.977. The number of carbonyl (C=O) groups is 2. The minimum absolute atomic E-state index is 0.137. The highest BCUT2D eigenvalue weighted by atomic mass is 16.6. The van der Waals surface area contributed by atoms with Crippen LogP contribution in [0.5, 0.6) is 11.5 Å². The van der Waals surface area contributed by atoms with E-state index in [4.69, 9.17) is 9.47 Å². The first-order valence-electron chi connectivity index (χ1n) is 10.6. The Labute approximate surface area is 197 Å². The second kappa shape index (κ2) is 10.3. The van der Waals surface area contributed by atoms with Crippen molar-refractivity contribution < 1.29 is 29.1 Å². The molecule has 2 aromatic rings. The van der Waals surface area contributed by atoms with E-state index in [-0.39, 0.29) is 23.4 Å². The number of benzene rings is 2. The Morgan fingerprint density at radius 3 is 2.44 bits per heavy atom. The maximum Gasteiger partial charge on any atom is 0.295 e. The third-order valence-electron chi connectivity index (χ3n) is 5.60. The largest absolute Gasteiger partial charge is 0.507 e. The molecule has 1 heterocycles. The van der Waals surface area contributed by atoms with Gasteiger partial charge in [0.05, 0.1) is 30.8 Å². The predicted octanol–water partition coefficient (Wildman–Crippen LogP) is 2.99. The highest BCUT2D eigenvalue weighted by molar-refractivity contribution is 6.46. The third kappa shape index (κ3) is 4.86. The van der Waals surface area contributed by atoms with Crippen molar-refractivity contribution in [3.63, 3.8) is 0 Å². The summed E-state index contributed by atoms with van der Waals surface area (Å²) in [5.74, 6) is -1.26. The fraction of sp³-hybridized carbons (Fsp3) is 0.333. The van der Waals surface area contributed by atoms with E-state index < -0.39 is 28.4 Å². The van der Waals surface area contributed by atoms with Gasteiger partial charge in [-0.25, -0.2) is 0 Å². The number of nitrogens with zero attached hydrogens (tertiary/aromatic N) is 3. The maximum atomic E-state index is 13.1. The molecule has 1 atom stereocenters. The third-order valence-corrected chi connectivity index (χ3v) is 5.60. The van der Waals surface area contributed by atoms with Gasteiger partial charge in [0.15, 0.2) is 11.5 Å². The summed E-state index contributed by atoms with van der Waals surface area (Å²) in [6.45, 7) is 0.902. The summed E-state index contributed by atoms with van der Waals surface area (Å²) in [5, 5.41) is 22.5. The van der Waals surface area contributed by atoms with Crippen molar-refractivity contribution in [2.75, 3.05) is 41.4 Å². The van der Waals surface area contributed by atoms with Crippen LogP contribution < -0.4 is 9.47 Å². The molecule has 1 amide bonds. The number of rotatable bonds is 9. The SMILES string of the molecule is COc1ccc(/C(O)=C2\C(=O)C(=O)N(CCCN(C)C)[C@@H]2c2cccc([N+](=O)[O-])c2)cc1OC. The van der Waals surface area contributed by atoms with Crippen molar-refractivity contribution in [3.8, 4) is 11.5 Å². The Balaban J connectivity index is 2.16. The first-order valence-corrected chi connectivity index (χ1v) is 10.6. The van der Waals surface area contributed by atoms with Gasteiger partial charge in [0.2, 0.25) is 0 Å². The fourth-order valence-electron chi connectivity index (χ4n) is 3.96. The molecule has 0 aromatic heterocycles. The fourth-order valence-corrected chi connectivity index (χ4v) is 3.96. The molecule has 2 aromatic carbocycles. The van der Waals surface area contributed by atoms with Gasteiger partial charge in [-0.05, 0) is 50.8 Å². The smallest absolute Gasteiger partial charge is 0.295 e. The summed E-state index contributed by atoms with van der Waals surface area (Å²) in [4.78, 5) is 40.2. The highest BCUT2D eigenvalue weighted by Gasteiger charge is 2.46. The summed E-state index contributed by atoms with van der Waals surface area (Å²) in [5.41, 5.74) is 0.296. The number of non-ortho nitro benzene ring substituents is 1. The molecule has 3 rings (SSSR count). The number of ether oxygens (including phenoxy) is 2. The average molecular weight is 469 g/mol. The number of hydrogen-bond acceptors (Lipinski definition) is 8. The van der Waals surface area contributed by atoms with E-state index in [9.17, 15) is 24.8 Å². The number of aliphatic hydroxyl groups excluding tert-OH is 1. The molecule has 1 fully saturated rings. The summed E-state index contributed by atoms with van der Waals surface area (Å²) in [6.07, 6.45) is 0.571. The Kier molecular flexibility index (Phi) is 7.52. The molecule has 1 aliphatic rings. The van der Waals surface area contributed by atoms with Crippen LogP contribution in [0, 0.1) is 10.1 Å². The first-order chi connectivity index (χ1) is 16.2. The second-order valence-corrected chi connectivity index (χ2v) is 8.07. The normalized spacial score (nSPS) is 17.3. The zero-order valence-electron chi connectivity index (χ0n) is 19.5. The summed E-state index contributed by atoms with van der Waals surface area (Å²) in [6, 6.07) is 9.37. The lowest BCUT2D eigenvalue weighted by molar-refractivity contribution is -0.384. The zero-order chi connectivity index (χ0) is 25.0. The van der Waals surface area contributed by atoms with Gasteiger partial charge in [0, 0.05) is 24.2 Å². The Hall–Kier alpha value is -3.92. The molecule has 0 bridgehead atoms. The molecule has 0 radical (unpaired) electrons. The van der Waals surface area contributed by atoms with Gasteiger partial charge in [0.1, 0.15) is 5.76 Å². The van der Waals surface area contributed by atoms with E-state index >= 15 is 0 Å². The second-order valence-electron chi connectivity index (χ2n) is 8.07. The molecule has 180 valence electrons. The number of Topliss-reactive ketones (excluding diaryl/α,β-unsaturated/α-hetero) is 1. The average Bonchev–Trinajstić information content (AvgIpc) is 3.08. The van der Waals surface area contributed by atoms with Crippen LogP contribution in [0.1, 0.15) is 23.6 Å². The summed E-state index contributed by atoms with van der Waals surface area (Å²) in [7, 11) is 6.69. The number of hydrogen-bond donors (Lipinski definition) is 1. The molecule has 1 N–H and O–H groups in total. The van der Waals surface area contributed by atoms with Crippen LogP contribution in [-0.4, -0.2) is 72.9 Å². The van der Waals surface area contributed by atoms with E-state index in [2.05, 4.69) is 0 Å². The molecule has 1 saturated heterocycles. The number of likely N-dealkylation sites (tertiary alicyclic amines) is 1. The van der Waals surface area contributed by atoms with E-state index in [0.29, 0.717) is 30.0 Å². The van der Waals surface area contributed by atoms with Crippen LogP contribution >= 0.6 is 0 Å². The lowest BCUT2D eigenvalue weighted by Crippen LogP contribution is -2.32. The van der Waals surface area contributed by atoms with Crippen molar-refractivity contribution in [1.82, 2.24) is 9.80 Å². The van der Waals surface area contributed by atoms with Crippen molar-refractivity contribution in [2.45, 2.75) is 12.5 Å². The van der Waals surface area contributed by atoms with Gasteiger partial charge in [0.25, 0.3) is 17.4 Å². The molecule has 0 spiro atoms. The van der Waals surface area contributed by atoms with Gasteiger partial charge in [-0.2, -0.15) is 0 Å². The van der Waals surface area contributed by atoms with Gasteiger partial charge in [-0.3, -0.25) is 19.7 Å². The van der Waals surface area contributed by atoms with Crippen molar-refractivity contribution >= 4 is 23.1 Å². The standard InChI is InChI=1S/C24H27N3O7/c1-25(2)11-6-12-26-21(15-7-5-8-17(13-15)27(31)32)20(23(29)24(26)30)22(28)16-9-10-18(33-3)19(14-16)34-4/h5,7-10,13-14,21,28H,6,11-12H2,1-4H3/b22-20+/t21-/m1/s1. The molecular formula is C24H27N3O7. The van der Waals surface area contributed by atoms with Crippen LogP contribution in [0.4, 0.5) is 5.69 Å². The van der Waals surface area contributed by atoms with Crippen LogP contribution in [0.2, 0.25) is 0 Å². The molecular weight excluding hydrogens is 442 g/mol. The van der Waals surface area contributed by atoms with Gasteiger partial charge < -0.3 is 24.4 Å². The number of methoxy groups -OCH3 is 2. The van der Waals surface area contributed by atoms with Crippen LogP contribution in [0.25, 0.3) is 5.76 Å². The highest BCUT2D eigenvalue weighted by Crippen LogP contribution is 2.41. The number of aliphatic hydroxyl groups is 1. The minimum Gasteiger partial charge on any atom is -0.507 e. The maximum absolute atomic E-state index is 13.1. The quantitative estimate of drug-likeness (QED) is 0.196. The van der Waals surface area contributed by atoms with Gasteiger partial charge in [-0.1, -0.05) is 12.1 Å². The van der Waals surface area contributed by atoms with Gasteiger partial charge in [-0.15, -0.1) is 0 Å². The Bertz CT molecular complexity index is 1140. The first kappa shape index (κ1) is 24.7. The van der Waals surface area contributed by atoms with Crippen molar-refractivity contribution in [2.24, 2.45) is 0 Å². The lowest BCUT2D eigenvalue weighted by Gasteiger charge is -2.26. The van der Waals surface area contributed by atoms with E-state index in [1.807, 2.05) is 19.0 Å². The lowest BCUT2D eigenvalue weighted by atomic mass is 9.94. The van der Waals surface area contributed by atoms with Crippen molar-refractivity contribution in [3.05, 3.63) is 69.3 Å². The van der Waals surface area contributed by atoms with Gasteiger partial charge >= 0.3 is 0 Å². The number of ketones is 1. The molecule has 0 saturated carbocycles. The molecule has 0 unspecified atom stereocenters. The van der Waals surface area contributed by atoms with Crippen molar-refractivity contribution in [1.29, 1.82) is 0 Å². The summed E-state index contributed by atoms with van der Waals surface area (Å²) >= 11 is 0. The van der Waals surface area contributed by atoms with E-state index in [0.717, 1.165) is 0 Å².